The quantitative estimate of drug-likeness (QED) is 0.293. The van der Waals surface area contributed by atoms with Crippen LogP contribution in [0.5, 0.6) is 0 Å². The number of halogens is 1. The van der Waals surface area contributed by atoms with Crippen molar-refractivity contribution in [3.05, 3.63) is 89.2 Å². The van der Waals surface area contributed by atoms with Crippen LogP contribution in [0.15, 0.2) is 67.4 Å². The number of aromatic nitrogens is 3. The van der Waals surface area contributed by atoms with Crippen molar-refractivity contribution in [2.45, 2.75) is 56.1 Å². The highest BCUT2D eigenvalue weighted by Gasteiger charge is 2.66. The van der Waals surface area contributed by atoms with Gasteiger partial charge in [-0.1, -0.05) is 60.1 Å². The van der Waals surface area contributed by atoms with E-state index in [2.05, 4.69) is 16.9 Å². The molecule has 0 aliphatic carbocycles. The lowest BCUT2D eigenvalue weighted by Gasteiger charge is -2.32. The molecule has 1 spiro atoms. The second-order valence-corrected chi connectivity index (χ2v) is 15.5. The van der Waals surface area contributed by atoms with Gasteiger partial charge in [-0.05, 0) is 43.3 Å². The molecule has 5 atom stereocenters. The molecule has 2 aliphatic rings. The van der Waals surface area contributed by atoms with E-state index in [1.165, 1.54) is 0 Å². The maximum absolute atomic E-state index is 14.0. The largest absolute Gasteiger partial charge is 0.432 e. The van der Waals surface area contributed by atoms with E-state index in [1.54, 1.807) is 21.7 Å². The van der Waals surface area contributed by atoms with Crippen molar-refractivity contribution < 1.29 is 19.4 Å². The topological polar surface area (TPSA) is 101 Å². The van der Waals surface area contributed by atoms with E-state index >= 15 is 0 Å². The molecule has 0 radical (unpaired) electrons. The van der Waals surface area contributed by atoms with E-state index in [1.807, 2.05) is 68.7 Å². The van der Waals surface area contributed by atoms with Gasteiger partial charge in [0.2, 0.25) is 0 Å². The van der Waals surface area contributed by atoms with Crippen LogP contribution in [-0.4, -0.2) is 58.4 Å². The van der Waals surface area contributed by atoms with Crippen LogP contribution < -0.4 is 4.90 Å². The van der Waals surface area contributed by atoms with Crippen molar-refractivity contribution in [1.82, 2.24) is 15.0 Å². The molecule has 39 heavy (non-hydrogen) atoms. The summed E-state index contributed by atoms with van der Waals surface area (Å²) in [6, 6.07) is 15.2. The summed E-state index contributed by atoms with van der Waals surface area (Å²) < 4.78 is 8.53. The van der Waals surface area contributed by atoms with Crippen molar-refractivity contribution in [2.75, 3.05) is 18.1 Å². The maximum Gasteiger partial charge on any atom is 0.264 e. The standard InChI is InChI=1S/C29H35ClN4O4Si/c1-5-14-34-25-12-11-21(30)16-23(25)29(28(34)36)19(2)27(39(3,4)37)26(38-29)13-15-33-17-24(31-32-33)22(18-35)20-9-7-6-8-10-20/h5-12,16-17,19,22,26-27,35,37H,1,13-15,18H2,2-4H3/t19-,22?,26+,27-,29+/m1/s1. The normalized spacial score (nSPS) is 25.3. The van der Waals surface area contributed by atoms with Gasteiger partial charge in [-0.2, -0.15) is 0 Å². The van der Waals surface area contributed by atoms with Crippen molar-refractivity contribution in [3.63, 3.8) is 0 Å². The molecular formula is C29H35ClN4O4Si. The third kappa shape index (κ3) is 4.76. The summed E-state index contributed by atoms with van der Waals surface area (Å²) >= 11 is 6.41. The van der Waals surface area contributed by atoms with Gasteiger partial charge < -0.3 is 19.5 Å². The summed E-state index contributed by atoms with van der Waals surface area (Å²) in [5.41, 5.74) is 1.74. The Labute approximate surface area is 235 Å². The summed E-state index contributed by atoms with van der Waals surface area (Å²) in [5.74, 6) is -0.679. The zero-order valence-corrected chi connectivity index (χ0v) is 24.3. The molecule has 1 saturated heterocycles. The number of carbonyl (C=O) groups excluding carboxylic acids is 1. The van der Waals surface area contributed by atoms with Crippen LogP contribution >= 0.6 is 11.6 Å². The van der Waals surface area contributed by atoms with Crippen LogP contribution in [-0.2, 0) is 21.7 Å². The molecule has 10 heteroatoms. The van der Waals surface area contributed by atoms with Crippen LogP contribution in [0.25, 0.3) is 0 Å². The molecule has 2 N–H and O–H groups in total. The highest BCUT2D eigenvalue weighted by molar-refractivity contribution is 6.71. The second-order valence-electron chi connectivity index (χ2n) is 11.1. The minimum absolute atomic E-state index is 0.0772. The number of aliphatic hydroxyl groups is 1. The molecule has 206 valence electrons. The zero-order chi connectivity index (χ0) is 27.9. The number of fused-ring (bicyclic) bond motifs is 2. The summed E-state index contributed by atoms with van der Waals surface area (Å²) in [6.45, 7) is 10.4. The van der Waals surface area contributed by atoms with Crippen molar-refractivity contribution in [3.8, 4) is 0 Å². The summed E-state index contributed by atoms with van der Waals surface area (Å²) in [7, 11) is -2.78. The van der Waals surface area contributed by atoms with E-state index < -0.39 is 13.9 Å². The van der Waals surface area contributed by atoms with E-state index in [0.29, 0.717) is 30.2 Å². The van der Waals surface area contributed by atoms with Crippen LogP contribution in [0.1, 0.15) is 36.1 Å². The molecule has 1 fully saturated rings. The first-order valence-corrected chi connectivity index (χ1v) is 16.7. The summed E-state index contributed by atoms with van der Waals surface area (Å²) in [6.07, 6.45) is 3.71. The molecule has 2 aliphatic heterocycles. The molecule has 3 aromatic rings. The Morgan fingerprint density at radius 1 is 1.26 bits per heavy atom. The molecule has 5 rings (SSSR count). The lowest BCUT2D eigenvalue weighted by Crippen LogP contribution is -2.46. The number of nitrogens with zero attached hydrogens (tertiary/aromatic N) is 4. The van der Waals surface area contributed by atoms with E-state index in [4.69, 9.17) is 16.3 Å². The highest BCUT2D eigenvalue weighted by atomic mass is 35.5. The highest BCUT2D eigenvalue weighted by Crippen LogP contribution is 2.59. The lowest BCUT2D eigenvalue weighted by molar-refractivity contribution is -0.145. The molecule has 8 nitrogen and oxygen atoms in total. The fraction of sp³-hybridized carbons (Fsp3) is 0.414. The molecule has 2 aromatic carbocycles. The lowest BCUT2D eigenvalue weighted by atomic mass is 9.82. The fourth-order valence-electron chi connectivity index (χ4n) is 6.53. The van der Waals surface area contributed by atoms with Gasteiger partial charge in [0.05, 0.1) is 30.0 Å². The Hall–Kier alpha value is -2.82. The first kappa shape index (κ1) is 27.7. The molecule has 1 unspecified atom stereocenters. The monoisotopic (exact) mass is 566 g/mol. The molecular weight excluding hydrogens is 532 g/mol. The van der Waals surface area contributed by atoms with Gasteiger partial charge in [-0.3, -0.25) is 9.48 Å². The molecule has 0 saturated carbocycles. The molecule has 3 heterocycles. The number of anilines is 1. The number of amides is 1. The summed E-state index contributed by atoms with van der Waals surface area (Å²) in [5, 5.41) is 19.2. The minimum atomic E-state index is -2.78. The zero-order valence-electron chi connectivity index (χ0n) is 22.5. The molecule has 1 amide bonds. The smallest absolute Gasteiger partial charge is 0.264 e. The average molecular weight is 567 g/mol. The first-order chi connectivity index (χ1) is 18.6. The third-order valence-corrected chi connectivity index (χ3v) is 10.9. The Morgan fingerprint density at radius 3 is 2.67 bits per heavy atom. The SMILES string of the molecule is C=CCN1C(=O)[C@@]2(O[C@@H](CCn3cc(C(CO)c4ccccc4)nn3)[C@H]([Si](C)(C)O)[C@H]2C)c2cc(Cl)ccc21. The number of carbonyl (C=O) groups is 1. The number of hydrogen-bond acceptors (Lipinski definition) is 6. The Morgan fingerprint density at radius 2 is 2.00 bits per heavy atom. The third-order valence-electron chi connectivity index (χ3n) is 8.20. The summed E-state index contributed by atoms with van der Waals surface area (Å²) in [4.78, 5) is 27.1. The van der Waals surface area contributed by atoms with Crippen LogP contribution in [0.3, 0.4) is 0 Å². The van der Waals surface area contributed by atoms with E-state index in [9.17, 15) is 14.7 Å². The van der Waals surface area contributed by atoms with Gasteiger partial charge in [0, 0.05) is 41.3 Å². The predicted octanol–water partition coefficient (Wildman–Crippen LogP) is 4.48. The first-order valence-electron chi connectivity index (χ1n) is 13.3. The maximum atomic E-state index is 14.0. The Kier molecular flexibility index (Phi) is 7.56. The van der Waals surface area contributed by atoms with Crippen LogP contribution in [0.4, 0.5) is 5.69 Å². The number of hydrogen-bond donors (Lipinski definition) is 2. The van der Waals surface area contributed by atoms with E-state index in [0.717, 1.165) is 16.8 Å². The van der Waals surface area contributed by atoms with E-state index in [-0.39, 0.29) is 36.0 Å². The van der Waals surface area contributed by atoms with Gasteiger partial charge >= 0.3 is 0 Å². The van der Waals surface area contributed by atoms with Crippen LogP contribution in [0.2, 0.25) is 23.7 Å². The number of rotatable bonds is 9. The van der Waals surface area contributed by atoms with Crippen LogP contribution in [0, 0.1) is 5.92 Å². The molecule has 0 bridgehead atoms. The Balaban J connectivity index is 1.43. The minimum Gasteiger partial charge on any atom is -0.432 e. The van der Waals surface area contributed by atoms with Crippen molar-refractivity contribution in [2.24, 2.45) is 5.92 Å². The van der Waals surface area contributed by atoms with Gasteiger partial charge in [-0.15, -0.1) is 11.7 Å². The van der Waals surface area contributed by atoms with Gasteiger partial charge in [0.1, 0.15) is 0 Å². The van der Waals surface area contributed by atoms with Crippen molar-refractivity contribution in [1.29, 1.82) is 0 Å². The van der Waals surface area contributed by atoms with Gasteiger partial charge in [-0.25, -0.2) is 0 Å². The van der Waals surface area contributed by atoms with Gasteiger partial charge in [0.15, 0.2) is 13.9 Å². The Bertz CT molecular complexity index is 1360. The number of ether oxygens (including phenoxy) is 1. The second kappa shape index (κ2) is 10.6. The average Bonchev–Trinajstić information content (AvgIpc) is 3.55. The number of aryl methyl sites for hydroxylation is 1. The fourth-order valence-corrected chi connectivity index (χ4v) is 9.30. The van der Waals surface area contributed by atoms with Crippen molar-refractivity contribution >= 4 is 31.5 Å². The van der Waals surface area contributed by atoms with Gasteiger partial charge in [0.25, 0.3) is 5.91 Å². The molecule has 1 aromatic heterocycles. The number of aliphatic hydroxyl groups excluding tert-OH is 1. The predicted molar refractivity (Wildman–Crippen MR) is 153 cm³/mol. The number of benzene rings is 2.